The smallest absolute Gasteiger partial charge is 0.256 e. The fraction of sp³-hybridized carbons (Fsp3) is 0.167. The maximum absolute atomic E-state index is 11.0. The Kier molecular flexibility index (Phi) is 3.57. The van der Waals surface area contributed by atoms with Crippen molar-refractivity contribution >= 4 is 23.4 Å². The number of nitrogens with zero attached hydrogens (tertiary/aromatic N) is 1. The molecule has 0 aliphatic rings. The lowest BCUT2D eigenvalue weighted by Crippen LogP contribution is -2.11. The van der Waals surface area contributed by atoms with Crippen molar-refractivity contribution in [1.82, 2.24) is 4.98 Å². The zero-order chi connectivity index (χ0) is 13.1. The normalized spacial score (nSPS) is 10.5. The van der Waals surface area contributed by atoms with Crippen molar-refractivity contribution in [3.05, 3.63) is 41.3 Å². The van der Waals surface area contributed by atoms with Crippen LogP contribution < -0.4 is 11.5 Å². The molecule has 2 aromatic rings. The molecule has 4 N–H and O–H groups in total. The maximum atomic E-state index is 11.0. The summed E-state index contributed by atoms with van der Waals surface area (Å²) in [5, 5.41) is 0.603. The van der Waals surface area contributed by atoms with Crippen LogP contribution in [-0.4, -0.2) is 10.9 Å². The Morgan fingerprint density at radius 3 is 2.83 bits per heavy atom. The molecule has 0 aliphatic carbocycles. The third kappa shape index (κ3) is 2.84. The lowest BCUT2D eigenvalue weighted by Gasteiger charge is -2.05. The highest BCUT2D eigenvalue weighted by Gasteiger charge is 2.07. The number of aromatic nitrogens is 1. The van der Waals surface area contributed by atoms with Crippen LogP contribution in [0.4, 0.5) is 5.69 Å². The van der Waals surface area contributed by atoms with E-state index in [0.717, 1.165) is 11.3 Å². The van der Waals surface area contributed by atoms with Crippen LogP contribution in [0.1, 0.15) is 21.6 Å². The summed E-state index contributed by atoms with van der Waals surface area (Å²) in [6.45, 7) is 1.86. The number of anilines is 1. The first-order chi connectivity index (χ1) is 8.56. The number of thioether (sulfide) groups is 1. The number of nitrogens with two attached hydrogens (primary N) is 2. The van der Waals surface area contributed by atoms with Gasteiger partial charge in [0.05, 0.1) is 5.69 Å². The first-order valence-corrected chi connectivity index (χ1v) is 6.28. The number of hydrogen-bond donors (Lipinski definition) is 2. The molecule has 6 heteroatoms. The average molecular weight is 263 g/mol. The Morgan fingerprint density at radius 1 is 1.50 bits per heavy atom. The molecule has 0 radical (unpaired) electrons. The van der Waals surface area contributed by atoms with Crippen LogP contribution in [0.15, 0.2) is 34.1 Å². The molecule has 0 fully saturated rings. The Balaban J connectivity index is 2.08. The third-order valence-electron chi connectivity index (χ3n) is 2.38. The van der Waals surface area contributed by atoms with Gasteiger partial charge in [-0.3, -0.25) is 4.79 Å². The van der Waals surface area contributed by atoms with Crippen molar-refractivity contribution in [1.29, 1.82) is 0 Å². The van der Waals surface area contributed by atoms with Gasteiger partial charge in [0.25, 0.3) is 5.22 Å². The lowest BCUT2D eigenvalue weighted by atomic mass is 10.1. The predicted molar refractivity (Wildman–Crippen MR) is 70.2 cm³/mol. The van der Waals surface area contributed by atoms with E-state index in [1.165, 1.54) is 11.8 Å². The number of aryl methyl sites for hydroxylation is 1. The largest absolute Gasteiger partial charge is 0.440 e. The van der Waals surface area contributed by atoms with Gasteiger partial charge in [-0.2, -0.15) is 0 Å². The van der Waals surface area contributed by atoms with Crippen LogP contribution in [0.3, 0.4) is 0 Å². The molecule has 0 saturated heterocycles. The van der Waals surface area contributed by atoms with Crippen molar-refractivity contribution < 1.29 is 9.21 Å². The summed E-state index contributed by atoms with van der Waals surface area (Å²) in [5.41, 5.74) is 13.7. The number of oxazole rings is 1. The molecule has 94 valence electrons. The molecule has 1 aromatic heterocycles. The number of hydrogen-bond acceptors (Lipinski definition) is 5. The number of carbonyl (C=O) groups excluding carboxylic acids is 1. The topological polar surface area (TPSA) is 95.1 Å². The number of amides is 1. The minimum absolute atomic E-state index is 0.410. The summed E-state index contributed by atoms with van der Waals surface area (Å²) >= 11 is 1.45. The minimum atomic E-state index is -0.482. The summed E-state index contributed by atoms with van der Waals surface area (Å²) in [7, 11) is 0. The fourth-order valence-electron chi connectivity index (χ4n) is 1.42. The van der Waals surface area contributed by atoms with Gasteiger partial charge in [0.2, 0.25) is 5.91 Å². The first-order valence-electron chi connectivity index (χ1n) is 5.29. The van der Waals surface area contributed by atoms with Gasteiger partial charge in [-0.1, -0.05) is 17.8 Å². The molecule has 0 bridgehead atoms. The van der Waals surface area contributed by atoms with Crippen molar-refractivity contribution in [2.75, 3.05) is 5.73 Å². The van der Waals surface area contributed by atoms with Crippen molar-refractivity contribution in [3.63, 3.8) is 0 Å². The predicted octanol–water partition coefficient (Wildman–Crippen LogP) is 1.96. The van der Waals surface area contributed by atoms with E-state index in [9.17, 15) is 4.79 Å². The van der Waals surface area contributed by atoms with E-state index >= 15 is 0 Å². The molecule has 0 atom stereocenters. The number of rotatable bonds is 4. The van der Waals surface area contributed by atoms with Gasteiger partial charge in [-0.25, -0.2) is 4.98 Å². The standard InChI is InChI=1S/C12H13N3O2S/c1-7-5-17-12(15-7)18-6-9-3-2-8(11(14)16)4-10(9)13/h2-5H,6,13H2,1H3,(H2,14,16). The monoisotopic (exact) mass is 263 g/mol. The Morgan fingerprint density at radius 2 is 2.28 bits per heavy atom. The maximum Gasteiger partial charge on any atom is 0.256 e. The van der Waals surface area contributed by atoms with Crippen LogP contribution in [0.5, 0.6) is 0 Å². The van der Waals surface area contributed by atoms with Gasteiger partial charge < -0.3 is 15.9 Å². The van der Waals surface area contributed by atoms with E-state index in [1.54, 1.807) is 24.5 Å². The van der Waals surface area contributed by atoms with Crippen LogP contribution in [0.25, 0.3) is 0 Å². The van der Waals surface area contributed by atoms with E-state index in [-0.39, 0.29) is 0 Å². The quantitative estimate of drug-likeness (QED) is 0.649. The average Bonchev–Trinajstić information content (AvgIpc) is 2.73. The minimum Gasteiger partial charge on any atom is -0.440 e. The van der Waals surface area contributed by atoms with Crippen LogP contribution >= 0.6 is 11.8 Å². The number of primary amides is 1. The molecular weight excluding hydrogens is 250 g/mol. The highest BCUT2D eigenvalue weighted by Crippen LogP contribution is 2.25. The number of benzene rings is 1. The molecule has 1 amide bonds. The Hall–Kier alpha value is -1.95. The van der Waals surface area contributed by atoms with Crippen molar-refractivity contribution in [2.45, 2.75) is 17.9 Å². The molecule has 0 aliphatic heterocycles. The van der Waals surface area contributed by atoms with Gasteiger partial charge in [0, 0.05) is 17.0 Å². The summed E-state index contributed by atoms with van der Waals surface area (Å²) in [4.78, 5) is 15.2. The van der Waals surface area contributed by atoms with Crippen molar-refractivity contribution in [2.24, 2.45) is 5.73 Å². The summed E-state index contributed by atoms with van der Waals surface area (Å²) < 4.78 is 5.22. The SMILES string of the molecule is Cc1coc(SCc2ccc(C(N)=O)cc2N)n1. The fourth-order valence-corrected chi connectivity index (χ4v) is 2.28. The molecule has 18 heavy (non-hydrogen) atoms. The van der Waals surface area contributed by atoms with Gasteiger partial charge in [0.1, 0.15) is 6.26 Å². The second-order valence-corrected chi connectivity index (χ2v) is 4.75. The van der Waals surface area contributed by atoms with Crippen LogP contribution in [0.2, 0.25) is 0 Å². The molecular formula is C12H13N3O2S. The zero-order valence-corrected chi connectivity index (χ0v) is 10.7. The zero-order valence-electron chi connectivity index (χ0n) is 9.84. The Bertz CT molecular complexity index is 580. The van der Waals surface area contributed by atoms with E-state index in [4.69, 9.17) is 15.9 Å². The number of nitrogen functional groups attached to an aromatic ring is 1. The third-order valence-corrected chi connectivity index (χ3v) is 3.27. The molecule has 5 nitrogen and oxygen atoms in total. The Labute approximate surface area is 109 Å². The first kappa shape index (κ1) is 12.5. The molecule has 0 spiro atoms. The second kappa shape index (κ2) is 5.14. The lowest BCUT2D eigenvalue weighted by molar-refractivity contribution is 0.100. The second-order valence-electron chi connectivity index (χ2n) is 3.82. The van der Waals surface area contributed by atoms with Gasteiger partial charge >= 0.3 is 0 Å². The van der Waals surface area contributed by atoms with Gasteiger partial charge in [-0.05, 0) is 24.6 Å². The highest BCUT2D eigenvalue weighted by atomic mass is 32.2. The van der Waals surface area contributed by atoms with Gasteiger partial charge in [-0.15, -0.1) is 0 Å². The summed E-state index contributed by atoms with van der Waals surface area (Å²) in [5.74, 6) is 0.148. The molecule has 0 saturated carbocycles. The molecule has 0 unspecified atom stereocenters. The van der Waals surface area contributed by atoms with Crippen molar-refractivity contribution in [3.8, 4) is 0 Å². The molecule has 2 rings (SSSR count). The molecule has 1 heterocycles. The summed E-state index contributed by atoms with van der Waals surface area (Å²) in [6.07, 6.45) is 1.60. The van der Waals surface area contributed by atoms with E-state index in [2.05, 4.69) is 4.98 Å². The van der Waals surface area contributed by atoms with Crippen LogP contribution in [-0.2, 0) is 5.75 Å². The van der Waals surface area contributed by atoms with Crippen LogP contribution in [0, 0.1) is 6.92 Å². The van der Waals surface area contributed by atoms with E-state index in [0.29, 0.717) is 22.2 Å². The highest BCUT2D eigenvalue weighted by molar-refractivity contribution is 7.98. The molecule has 1 aromatic carbocycles. The summed E-state index contributed by atoms with van der Waals surface area (Å²) in [6, 6.07) is 5.03. The van der Waals surface area contributed by atoms with Gasteiger partial charge in [0.15, 0.2) is 0 Å². The number of carbonyl (C=O) groups is 1. The van der Waals surface area contributed by atoms with E-state index in [1.807, 2.05) is 6.92 Å². The van der Waals surface area contributed by atoms with E-state index < -0.39 is 5.91 Å².